The molecule has 0 bridgehead atoms. The zero-order valence-corrected chi connectivity index (χ0v) is 14.8. The lowest BCUT2D eigenvalue weighted by atomic mass is 9.71. The van der Waals surface area contributed by atoms with Gasteiger partial charge in [0.05, 0.1) is 0 Å². The Morgan fingerprint density at radius 1 is 0.905 bits per heavy atom. The van der Waals surface area contributed by atoms with Crippen LogP contribution in [0.15, 0.2) is 22.7 Å². The van der Waals surface area contributed by atoms with Crippen molar-refractivity contribution in [3.8, 4) is 0 Å². The minimum absolute atomic E-state index is 0.690. The molecule has 1 N–H and O–H groups in total. The van der Waals surface area contributed by atoms with Gasteiger partial charge in [-0.25, -0.2) is 0 Å². The predicted octanol–water partition coefficient (Wildman–Crippen LogP) is 6.31. The molecular weight excluding hydrogens is 322 g/mol. The van der Waals surface area contributed by atoms with E-state index in [9.17, 15) is 0 Å². The summed E-state index contributed by atoms with van der Waals surface area (Å²) in [6.07, 6.45) is 13.0. The van der Waals surface area contributed by atoms with Gasteiger partial charge in [0.1, 0.15) is 0 Å². The number of halogens is 1. The van der Waals surface area contributed by atoms with Gasteiger partial charge >= 0.3 is 0 Å². The second kappa shape index (κ2) is 7.17. The molecule has 2 unspecified atom stereocenters. The number of benzene rings is 1. The highest BCUT2D eigenvalue weighted by Gasteiger charge is 2.32. The third-order valence-corrected chi connectivity index (χ3v) is 5.93. The molecule has 3 rings (SSSR count). The zero-order chi connectivity index (χ0) is 14.7. The molecule has 1 aromatic carbocycles. The average Bonchev–Trinajstić information content (AvgIpc) is 2.48. The lowest BCUT2D eigenvalue weighted by Gasteiger charge is -2.40. The normalized spacial score (nSPS) is 27.5. The summed E-state index contributed by atoms with van der Waals surface area (Å²) in [6, 6.07) is 7.40. The van der Waals surface area contributed by atoms with E-state index in [1.54, 1.807) is 0 Å². The number of aryl methyl sites for hydroxylation is 1. The minimum Gasteiger partial charge on any atom is -0.382 e. The topological polar surface area (TPSA) is 12.0 Å². The van der Waals surface area contributed by atoms with Crippen LogP contribution in [0.2, 0.25) is 0 Å². The predicted molar refractivity (Wildman–Crippen MR) is 94.8 cm³/mol. The largest absolute Gasteiger partial charge is 0.382 e. The maximum Gasteiger partial charge on any atom is 0.0356 e. The first kappa shape index (κ1) is 15.4. The van der Waals surface area contributed by atoms with Gasteiger partial charge in [0, 0.05) is 16.2 Å². The molecule has 0 radical (unpaired) electrons. The first-order valence-corrected chi connectivity index (χ1v) is 9.55. The van der Waals surface area contributed by atoms with E-state index in [0.29, 0.717) is 6.04 Å². The van der Waals surface area contributed by atoms with Crippen LogP contribution in [-0.2, 0) is 0 Å². The van der Waals surface area contributed by atoms with Crippen molar-refractivity contribution >= 4 is 21.6 Å². The molecule has 0 heterocycles. The lowest BCUT2D eigenvalue weighted by molar-refractivity contribution is 0.180. The minimum atomic E-state index is 0.690. The van der Waals surface area contributed by atoms with Gasteiger partial charge in [-0.15, -0.1) is 0 Å². The SMILES string of the molecule is Cc1cc(Br)cc(NC2CCCCC2C2CCCCC2)c1. The van der Waals surface area contributed by atoms with Crippen LogP contribution in [0.1, 0.15) is 63.4 Å². The monoisotopic (exact) mass is 349 g/mol. The Bertz CT molecular complexity index is 444. The van der Waals surface area contributed by atoms with E-state index in [2.05, 4.69) is 46.4 Å². The second-order valence-electron chi connectivity index (χ2n) is 7.11. The van der Waals surface area contributed by atoms with Crippen molar-refractivity contribution in [2.45, 2.75) is 70.8 Å². The van der Waals surface area contributed by atoms with Crippen LogP contribution in [0, 0.1) is 18.8 Å². The fraction of sp³-hybridized carbons (Fsp3) is 0.684. The van der Waals surface area contributed by atoms with Crippen LogP contribution in [0.4, 0.5) is 5.69 Å². The molecule has 0 aromatic heterocycles. The van der Waals surface area contributed by atoms with Gasteiger partial charge in [-0.1, -0.05) is 60.9 Å². The molecule has 0 amide bonds. The third-order valence-electron chi connectivity index (χ3n) is 5.47. The molecule has 0 spiro atoms. The quantitative estimate of drug-likeness (QED) is 0.674. The van der Waals surface area contributed by atoms with E-state index in [0.717, 1.165) is 11.8 Å². The molecule has 116 valence electrons. The first-order valence-electron chi connectivity index (χ1n) is 8.76. The van der Waals surface area contributed by atoms with Gasteiger partial charge in [0.25, 0.3) is 0 Å². The van der Waals surface area contributed by atoms with E-state index in [1.807, 2.05) is 0 Å². The number of hydrogen-bond acceptors (Lipinski definition) is 1. The first-order chi connectivity index (χ1) is 10.2. The number of nitrogens with one attached hydrogen (secondary N) is 1. The Labute approximate surface area is 138 Å². The molecule has 0 aliphatic heterocycles. The Morgan fingerprint density at radius 3 is 2.38 bits per heavy atom. The molecule has 1 aromatic rings. The molecule has 2 aliphatic carbocycles. The van der Waals surface area contributed by atoms with Crippen LogP contribution in [0.25, 0.3) is 0 Å². The van der Waals surface area contributed by atoms with Crippen LogP contribution >= 0.6 is 15.9 Å². The zero-order valence-electron chi connectivity index (χ0n) is 13.2. The van der Waals surface area contributed by atoms with Crippen molar-refractivity contribution in [1.82, 2.24) is 0 Å². The highest BCUT2D eigenvalue weighted by atomic mass is 79.9. The molecule has 2 aliphatic rings. The van der Waals surface area contributed by atoms with Gasteiger partial charge in [0.2, 0.25) is 0 Å². The lowest BCUT2D eigenvalue weighted by Crippen LogP contribution is -2.37. The van der Waals surface area contributed by atoms with Gasteiger partial charge in [-0.3, -0.25) is 0 Å². The molecule has 2 heteroatoms. The van der Waals surface area contributed by atoms with Gasteiger partial charge in [-0.05, 0) is 55.4 Å². The van der Waals surface area contributed by atoms with Crippen molar-refractivity contribution in [3.63, 3.8) is 0 Å². The van der Waals surface area contributed by atoms with Crippen LogP contribution in [-0.4, -0.2) is 6.04 Å². The number of anilines is 1. The standard InChI is InChI=1S/C19H28BrN/c1-14-11-16(20)13-17(12-14)21-19-10-6-5-9-18(19)15-7-3-2-4-8-15/h11-13,15,18-19,21H,2-10H2,1H3. The number of rotatable bonds is 3. The second-order valence-corrected chi connectivity index (χ2v) is 8.03. The third kappa shape index (κ3) is 4.03. The molecule has 2 atom stereocenters. The molecule has 2 saturated carbocycles. The van der Waals surface area contributed by atoms with Gasteiger partial charge in [-0.2, -0.15) is 0 Å². The van der Waals surface area contributed by atoms with Gasteiger partial charge in [0.15, 0.2) is 0 Å². The summed E-state index contributed by atoms with van der Waals surface area (Å²) in [4.78, 5) is 0. The summed E-state index contributed by atoms with van der Waals surface area (Å²) in [7, 11) is 0. The fourth-order valence-corrected chi connectivity index (χ4v) is 5.11. The Kier molecular flexibility index (Phi) is 5.26. The van der Waals surface area contributed by atoms with Gasteiger partial charge < -0.3 is 5.32 Å². The highest BCUT2D eigenvalue weighted by molar-refractivity contribution is 9.10. The Hall–Kier alpha value is -0.500. The van der Waals surface area contributed by atoms with Crippen LogP contribution < -0.4 is 5.32 Å². The van der Waals surface area contributed by atoms with E-state index in [4.69, 9.17) is 0 Å². The van der Waals surface area contributed by atoms with Crippen molar-refractivity contribution in [1.29, 1.82) is 0 Å². The van der Waals surface area contributed by atoms with E-state index < -0.39 is 0 Å². The smallest absolute Gasteiger partial charge is 0.0356 e. The summed E-state index contributed by atoms with van der Waals surface area (Å²) >= 11 is 3.63. The summed E-state index contributed by atoms with van der Waals surface area (Å²) in [5.74, 6) is 1.88. The van der Waals surface area contributed by atoms with Crippen molar-refractivity contribution in [2.75, 3.05) is 5.32 Å². The summed E-state index contributed by atoms with van der Waals surface area (Å²) in [5, 5.41) is 3.88. The Balaban J connectivity index is 1.71. The maximum atomic E-state index is 3.88. The van der Waals surface area contributed by atoms with Crippen molar-refractivity contribution in [2.24, 2.45) is 11.8 Å². The van der Waals surface area contributed by atoms with Crippen LogP contribution in [0.3, 0.4) is 0 Å². The molecule has 1 nitrogen and oxygen atoms in total. The average molecular weight is 350 g/mol. The molecule has 21 heavy (non-hydrogen) atoms. The molecule has 0 saturated heterocycles. The van der Waals surface area contributed by atoms with Crippen molar-refractivity contribution < 1.29 is 0 Å². The van der Waals surface area contributed by atoms with Crippen molar-refractivity contribution in [3.05, 3.63) is 28.2 Å². The fourth-order valence-electron chi connectivity index (χ4n) is 4.50. The molecule has 2 fully saturated rings. The number of hydrogen-bond donors (Lipinski definition) is 1. The Morgan fingerprint density at radius 2 is 1.62 bits per heavy atom. The highest BCUT2D eigenvalue weighted by Crippen LogP contribution is 2.39. The van der Waals surface area contributed by atoms with Crippen LogP contribution in [0.5, 0.6) is 0 Å². The summed E-state index contributed by atoms with van der Waals surface area (Å²) in [5.41, 5.74) is 2.63. The summed E-state index contributed by atoms with van der Waals surface area (Å²) in [6.45, 7) is 2.18. The summed E-state index contributed by atoms with van der Waals surface area (Å²) < 4.78 is 1.19. The molecular formula is C19H28BrN. The van der Waals surface area contributed by atoms with E-state index in [1.165, 1.54) is 73.5 Å². The van der Waals surface area contributed by atoms with E-state index >= 15 is 0 Å². The maximum absolute atomic E-state index is 3.88. The van der Waals surface area contributed by atoms with E-state index in [-0.39, 0.29) is 0 Å².